The number of nitrogens with one attached hydrogen (secondary N) is 1. The molecular weight excluding hydrogens is 220 g/mol. The molecule has 0 radical (unpaired) electrons. The van der Waals surface area contributed by atoms with Crippen LogP contribution in [-0.2, 0) is 9.59 Å². The minimum atomic E-state index is -0.978. The van der Waals surface area contributed by atoms with Crippen molar-refractivity contribution in [1.82, 2.24) is 5.32 Å². The Bertz CT molecular complexity index is 252. The molecule has 0 rings (SSSR count). The van der Waals surface area contributed by atoms with Crippen molar-refractivity contribution >= 4 is 11.9 Å². The molecule has 0 saturated heterocycles. The van der Waals surface area contributed by atoms with Crippen LogP contribution in [0.2, 0.25) is 0 Å². The minimum absolute atomic E-state index is 0.0746. The average molecular weight is 244 g/mol. The summed E-state index contributed by atoms with van der Waals surface area (Å²) in [5.74, 6) is -1.15. The highest BCUT2D eigenvalue weighted by molar-refractivity contribution is 5.83. The number of carbonyl (C=O) groups is 2. The van der Waals surface area contributed by atoms with E-state index in [1.807, 2.05) is 20.8 Å². The summed E-state index contributed by atoms with van der Waals surface area (Å²) >= 11 is 0. The number of nitrogens with two attached hydrogens (primary N) is 1. The number of amides is 1. The first-order chi connectivity index (χ1) is 7.96. The molecule has 5 heteroatoms. The van der Waals surface area contributed by atoms with Crippen molar-refractivity contribution in [3.05, 3.63) is 0 Å². The standard InChI is InChI=1S/C12H24N2O3/c1-4-8(3)11(12(16)17)14-10(15)6-9(5-2)7-13/h8-9,11H,4-7,13H2,1-3H3,(H,14,15)(H,16,17)/t8-,9?,11-/m0/s1. The summed E-state index contributed by atoms with van der Waals surface area (Å²) < 4.78 is 0. The Morgan fingerprint density at radius 1 is 1.29 bits per heavy atom. The minimum Gasteiger partial charge on any atom is -0.480 e. The normalized spacial score (nSPS) is 16.0. The summed E-state index contributed by atoms with van der Waals surface area (Å²) in [4.78, 5) is 22.7. The molecule has 3 atom stereocenters. The van der Waals surface area contributed by atoms with E-state index in [2.05, 4.69) is 5.32 Å². The summed E-state index contributed by atoms with van der Waals surface area (Å²) in [7, 11) is 0. The van der Waals surface area contributed by atoms with E-state index in [-0.39, 0.29) is 17.7 Å². The second kappa shape index (κ2) is 8.06. The van der Waals surface area contributed by atoms with E-state index in [1.54, 1.807) is 0 Å². The van der Waals surface area contributed by atoms with Crippen LogP contribution >= 0.6 is 0 Å². The fraction of sp³-hybridized carbons (Fsp3) is 0.833. The molecule has 1 amide bonds. The first-order valence-electron chi connectivity index (χ1n) is 6.18. The van der Waals surface area contributed by atoms with E-state index in [0.29, 0.717) is 19.4 Å². The molecule has 100 valence electrons. The zero-order valence-electron chi connectivity index (χ0n) is 10.9. The van der Waals surface area contributed by atoms with E-state index < -0.39 is 12.0 Å². The maximum absolute atomic E-state index is 11.7. The third-order valence-corrected chi connectivity index (χ3v) is 3.18. The SMILES string of the molecule is CCC(CN)CC(=O)N[C@H](C(=O)O)[C@@H](C)CC. The lowest BCUT2D eigenvalue weighted by Crippen LogP contribution is -2.45. The Kier molecular flexibility index (Phi) is 7.54. The van der Waals surface area contributed by atoms with Crippen LogP contribution in [0.1, 0.15) is 40.0 Å². The molecule has 0 aliphatic rings. The predicted octanol–water partition coefficient (Wildman–Crippen LogP) is 0.977. The van der Waals surface area contributed by atoms with Crippen molar-refractivity contribution in [2.75, 3.05) is 6.54 Å². The number of aliphatic carboxylic acids is 1. The van der Waals surface area contributed by atoms with Crippen LogP contribution in [0.3, 0.4) is 0 Å². The van der Waals surface area contributed by atoms with E-state index in [0.717, 1.165) is 6.42 Å². The van der Waals surface area contributed by atoms with E-state index in [9.17, 15) is 9.59 Å². The van der Waals surface area contributed by atoms with Gasteiger partial charge in [0.05, 0.1) is 0 Å². The third-order valence-electron chi connectivity index (χ3n) is 3.18. The van der Waals surface area contributed by atoms with Crippen molar-refractivity contribution in [2.24, 2.45) is 17.6 Å². The highest BCUT2D eigenvalue weighted by Crippen LogP contribution is 2.10. The van der Waals surface area contributed by atoms with Gasteiger partial charge in [-0.25, -0.2) is 4.79 Å². The molecule has 1 unspecified atom stereocenters. The van der Waals surface area contributed by atoms with Gasteiger partial charge in [-0.3, -0.25) is 4.79 Å². The lowest BCUT2D eigenvalue weighted by atomic mass is 9.97. The van der Waals surface area contributed by atoms with Gasteiger partial charge in [-0.05, 0) is 18.4 Å². The van der Waals surface area contributed by atoms with Crippen molar-refractivity contribution in [3.63, 3.8) is 0 Å². The molecule has 4 N–H and O–H groups in total. The monoisotopic (exact) mass is 244 g/mol. The first-order valence-corrected chi connectivity index (χ1v) is 6.18. The smallest absolute Gasteiger partial charge is 0.326 e. The molecule has 0 aromatic rings. The maximum Gasteiger partial charge on any atom is 0.326 e. The largest absolute Gasteiger partial charge is 0.480 e. The van der Waals surface area contributed by atoms with Gasteiger partial charge in [0.15, 0.2) is 0 Å². The van der Waals surface area contributed by atoms with Crippen LogP contribution in [-0.4, -0.2) is 29.6 Å². The van der Waals surface area contributed by atoms with Crippen molar-refractivity contribution in [3.8, 4) is 0 Å². The summed E-state index contributed by atoms with van der Waals surface area (Å²) in [6.45, 7) is 6.14. The molecule has 17 heavy (non-hydrogen) atoms. The van der Waals surface area contributed by atoms with Gasteiger partial charge in [0.2, 0.25) is 5.91 Å². The molecular formula is C12H24N2O3. The van der Waals surface area contributed by atoms with Crippen LogP contribution in [0, 0.1) is 11.8 Å². The van der Waals surface area contributed by atoms with Crippen LogP contribution in [0.15, 0.2) is 0 Å². The second-order valence-corrected chi connectivity index (χ2v) is 4.48. The van der Waals surface area contributed by atoms with Crippen molar-refractivity contribution in [2.45, 2.75) is 46.1 Å². The number of carboxylic acids is 1. The maximum atomic E-state index is 11.7. The predicted molar refractivity (Wildman–Crippen MR) is 66.5 cm³/mol. The molecule has 0 aliphatic heterocycles. The van der Waals surface area contributed by atoms with E-state index in [4.69, 9.17) is 10.8 Å². The number of carboxylic acid groups (broad SMARTS) is 1. The Balaban J connectivity index is 4.36. The molecule has 0 aromatic carbocycles. The van der Waals surface area contributed by atoms with Gasteiger partial charge in [-0.2, -0.15) is 0 Å². The first kappa shape index (κ1) is 15.9. The Labute approximate surface area is 103 Å². The fourth-order valence-corrected chi connectivity index (χ4v) is 1.57. The van der Waals surface area contributed by atoms with Gasteiger partial charge in [-0.1, -0.05) is 33.6 Å². The number of hydrogen-bond acceptors (Lipinski definition) is 3. The van der Waals surface area contributed by atoms with Crippen LogP contribution in [0.25, 0.3) is 0 Å². The third kappa shape index (κ3) is 5.68. The zero-order valence-corrected chi connectivity index (χ0v) is 10.9. The lowest BCUT2D eigenvalue weighted by molar-refractivity contribution is -0.143. The van der Waals surface area contributed by atoms with Crippen molar-refractivity contribution in [1.29, 1.82) is 0 Å². The van der Waals surface area contributed by atoms with Gasteiger partial charge in [0.25, 0.3) is 0 Å². The van der Waals surface area contributed by atoms with Gasteiger partial charge >= 0.3 is 5.97 Å². The second-order valence-electron chi connectivity index (χ2n) is 4.48. The highest BCUT2D eigenvalue weighted by Gasteiger charge is 2.25. The lowest BCUT2D eigenvalue weighted by Gasteiger charge is -2.21. The zero-order chi connectivity index (χ0) is 13.4. The topological polar surface area (TPSA) is 92.4 Å². The molecule has 0 bridgehead atoms. The summed E-state index contributed by atoms with van der Waals surface area (Å²) in [6, 6.07) is -0.803. The Morgan fingerprint density at radius 2 is 1.88 bits per heavy atom. The van der Waals surface area contributed by atoms with Gasteiger partial charge < -0.3 is 16.2 Å². The summed E-state index contributed by atoms with van der Waals surface area (Å²) in [5, 5.41) is 11.6. The van der Waals surface area contributed by atoms with Gasteiger partial charge in [-0.15, -0.1) is 0 Å². The van der Waals surface area contributed by atoms with E-state index >= 15 is 0 Å². The molecule has 0 aromatic heterocycles. The Hall–Kier alpha value is -1.10. The fourth-order valence-electron chi connectivity index (χ4n) is 1.57. The summed E-state index contributed by atoms with van der Waals surface area (Å²) in [5.41, 5.74) is 5.51. The number of hydrogen-bond donors (Lipinski definition) is 3. The van der Waals surface area contributed by atoms with Gasteiger partial charge in [0, 0.05) is 6.42 Å². The molecule has 0 aliphatic carbocycles. The molecule has 0 spiro atoms. The quantitative estimate of drug-likeness (QED) is 0.593. The van der Waals surface area contributed by atoms with Crippen LogP contribution in [0.5, 0.6) is 0 Å². The van der Waals surface area contributed by atoms with Crippen molar-refractivity contribution < 1.29 is 14.7 Å². The molecule has 5 nitrogen and oxygen atoms in total. The van der Waals surface area contributed by atoms with Crippen LogP contribution in [0.4, 0.5) is 0 Å². The van der Waals surface area contributed by atoms with E-state index in [1.165, 1.54) is 0 Å². The number of carbonyl (C=O) groups excluding carboxylic acids is 1. The van der Waals surface area contributed by atoms with Crippen LogP contribution < -0.4 is 11.1 Å². The highest BCUT2D eigenvalue weighted by atomic mass is 16.4. The molecule has 0 fully saturated rings. The number of rotatable bonds is 8. The molecule has 0 saturated carbocycles. The van der Waals surface area contributed by atoms with Gasteiger partial charge in [0.1, 0.15) is 6.04 Å². The Morgan fingerprint density at radius 3 is 2.24 bits per heavy atom. The average Bonchev–Trinajstić information content (AvgIpc) is 2.31. The molecule has 0 heterocycles. The summed E-state index contributed by atoms with van der Waals surface area (Å²) in [6.07, 6.45) is 1.84.